The summed E-state index contributed by atoms with van der Waals surface area (Å²) in [5.41, 5.74) is -0.874. The average Bonchev–Trinajstić information content (AvgIpc) is 2.40. The van der Waals surface area contributed by atoms with Crippen molar-refractivity contribution in [2.75, 3.05) is 13.2 Å². The molecule has 1 atom stereocenters. The Morgan fingerprint density at radius 1 is 1.19 bits per heavy atom. The molecule has 0 aromatic rings. The number of likely N-dealkylation sites (tertiary alicyclic amines) is 1. The highest BCUT2D eigenvalue weighted by Gasteiger charge is 2.52. The fraction of sp³-hybridized carbons (Fsp3) is 0.900. The van der Waals surface area contributed by atoms with Gasteiger partial charge in [0.15, 0.2) is 8.32 Å². The van der Waals surface area contributed by atoms with Crippen LogP contribution in [0.4, 0.5) is 4.79 Å². The number of hydrogen-bond donors (Lipinski definition) is 0. The molecule has 1 saturated carbocycles. The van der Waals surface area contributed by atoms with Crippen LogP contribution in [-0.4, -0.2) is 49.9 Å². The summed E-state index contributed by atoms with van der Waals surface area (Å²) in [4.78, 5) is 27.4. The van der Waals surface area contributed by atoms with E-state index in [1.54, 1.807) is 4.90 Å². The zero-order valence-electron chi connectivity index (χ0n) is 17.9. The lowest BCUT2D eigenvalue weighted by Gasteiger charge is -2.50. The van der Waals surface area contributed by atoms with Gasteiger partial charge in [0.2, 0.25) is 0 Å². The van der Waals surface area contributed by atoms with Gasteiger partial charge < -0.3 is 14.1 Å². The van der Waals surface area contributed by atoms with E-state index in [1.807, 2.05) is 20.8 Å². The minimum absolute atomic E-state index is 0.0949. The van der Waals surface area contributed by atoms with Gasteiger partial charge in [0.1, 0.15) is 11.4 Å². The summed E-state index contributed by atoms with van der Waals surface area (Å²) in [5, 5.41) is 0.0949. The van der Waals surface area contributed by atoms with Crippen molar-refractivity contribution in [3.8, 4) is 0 Å². The minimum Gasteiger partial charge on any atom is -0.444 e. The summed E-state index contributed by atoms with van der Waals surface area (Å²) in [6, 6.07) is -0.224. The van der Waals surface area contributed by atoms with Crippen LogP contribution in [0.15, 0.2) is 0 Å². The molecule has 5 nitrogen and oxygen atoms in total. The quantitative estimate of drug-likeness (QED) is 0.660. The molecular weight excluding hydrogens is 346 g/mol. The van der Waals surface area contributed by atoms with E-state index >= 15 is 0 Å². The molecule has 1 aliphatic carbocycles. The third kappa shape index (κ3) is 4.50. The number of carbonyl (C=O) groups is 2. The second kappa shape index (κ2) is 6.93. The van der Waals surface area contributed by atoms with E-state index in [0.29, 0.717) is 25.4 Å². The van der Waals surface area contributed by atoms with Crippen molar-refractivity contribution in [1.82, 2.24) is 4.90 Å². The summed E-state index contributed by atoms with van der Waals surface area (Å²) in [6.07, 6.45) is 2.91. The topological polar surface area (TPSA) is 55.8 Å². The van der Waals surface area contributed by atoms with Gasteiger partial charge in [-0.05, 0) is 51.7 Å². The van der Waals surface area contributed by atoms with Crippen LogP contribution in [0.1, 0.15) is 67.2 Å². The second-order valence-electron chi connectivity index (χ2n) is 10.6. The molecule has 1 heterocycles. The number of rotatable bonds is 3. The van der Waals surface area contributed by atoms with Gasteiger partial charge in [0, 0.05) is 18.4 Å². The summed E-state index contributed by atoms with van der Waals surface area (Å²) in [5.74, 6) is 0.299. The van der Waals surface area contributed by atoms with Gasteiger partial charge in [-0.15, -0.1) is 0 Å². The monoisotopic (exact) mass is 383 g/mol. The van der Waals surface area contributed by atoms with E-state index in [0.717, 1.165) is 19.3 Å². The number of ether oxygens (including phenoxy) is 1. The number of carbonyl (C=O) groups excluding carboxylic acids is 2. The lowest BCUT2D eigenvalue weighted by molar-refractivity contribution is -0.143. The fourth-order valence-corrected chi connectivity index (χ4v) is 4.37. The molecule has 1 saturated heterocycles. The molecule has 0 N–H and O–H groups in total. The number of amides is 1. The minimum atomic E-state index is -1.94. The van der Waals surface area contributed by atoms with Crippen molar-refractivity contribution >= 4 is 20.2 Å². The van der Waals surface area contributed by atoms with E-state index in [1.165, 1.54) is 0 Å². The molecule has 2 fully saturated rings. The van der Waals surface area contributed by atoms with Gasteiger partial charge >= 0.3 is 6.09 Å². The zero-order chi connectivity index (χ0) is 20.0. The number of piperidine rings is 1. The normalized spacial score (nSPS) is 23.8. The van der Waals surface area contributed by atoms with Gasteiger partial charge in [0.05, 0.1) is 12.6 Å². The Labute approximate surface area is 159 Å². The highest BCUT2D eigenvalue weighted by Crippen LogP contribution is 2.47. The predicted octanol–water partition coefficient (Wildman–Crippen LogP) is 4.76. The average molecular weight is 384 g/mol. The highest BCUT2D eigenvalue weighted by atomic mass is 28.4. The molecule has 6 heteroatoms. The summed E-state index contributed by atoms with van der Waals surface area (Å²) in [6.45, 7) is 17.5. The molecule has 2 aliphatic rings. The predicted molar refractivity (Wildman–Crippen MR) is 106 cm³/mol. The zero-order valence-corrected chi connectivity index (χ0v) is 18.9. The van der Waals surface area contributed by atoms with Crippen molar-refractivity contribution in [2.24, 2.45) is 5.41 Å². The fourth-order valence-electron chi connectivity index (χ4n) is 3.33. The van der Waals surface area contributed by atoms with Crippen molar-refractivity contribution in [3.05, 3.63) is 0 Å². The maximum Gasteiger partial charge on any atom is 0.410 e. The number of nitrogens with zero attached hydrogens (tertiary/aromatic N) is 1. The Morgan fingerprint density at radius 3 is 2.19 bits per heavy atom. The summed E-state index contributed by atoms with van der Waals surface area (Å²) >= 11 is 0. The van der Waals surface area contributed by atoms with Crippen LogP contribution in [-0.2, 0) is 14.0 Å². The van der Waals surface area contributed by atoms with Crippen molar-refractivity contribution in [1.29, 1.82) is 0 Å². The van der Waals surface area contributed by atoms with Crippen LogP contribution in [0.25, 0.3) is 0 Å². The molecule has 2 rings (SSSR count). The molecule has 0 bridgehead atoms. The lowest BCUT2D eigenvalue weighted by Crippen LogP contribution is -2.61. The van der Waals surface area contributed by atoms with Crippen LogP contribution in [0.2, 0.25) is 18.1 Å². The maximum absolute atomic E-state index is 12.8. The van der Waals surface area contributed by atoms with Gasteiger partial charge in [-0.1, -0.05) is 27.2 Å². The van der Waals surface area contributed by atoms with Crippen molar-refractivity contribution in [3.63, 3.8) is 0 Å². The van der Waals surface area contributed by atoms with Gasteiger partial charge in [0.25, 0.3) is 0 Å². The third-order valence-electron chi connectivity index (χ3n) is 6.31. The van der Waals surface area contributed by atoms with E-state index in [2.05, 4.69) is 33.9 Å². The molecule has 1 aliphatic heterocycles. The Bertz CT molecular complexity index is 555. The lowest BCUT2D eigenvalue weighted by atomic mass is 9.62. The van der Waals surface area contributed by atoms with Gasteiger partial charge in [-0.3, -0.25) is 4.79 Å². The Kier molecular flexibility index (Phi) is 5.71. The van der Waals surface area contributed by atoms with Crippen LogP contribution in [0.5, 0.6) is 0 Å². The molecule has 1 spiro atoms. The first-order valence-electron chi connectivity index (χ1n) is 9.84. The Hall–Kier alpha value is -0.883. The molecule has 0 unspecified atom stereocenters. The molecule has 0 aromatic carbocycles. The van der Waals surface area contributed by atoms with Crippen LogP contribution in [0, 0.1) is 5.41 Å². The molecule has 26 heavy (non-hydrogen) atoms. The van der Waals surface area contributed by atoms with E-state index in [4.69, 9.17) is 9.16 Å². The summed E-state index contributed by atoms with van der Waals surface area (Å²) < 4.78 is 12.0. The van der Waals surface area contributed by atoms with Crippen molar-refractivity contribution < 1.29 is 18.8 Å². The van der Waals surface area contributed by atoms with Crippen molar-refractivity contribution in [2.45, 2.75) is 97.0 Å². The van der Waals surface area contributed by atoms with E-state index < -0.39 is 13.9 Å². The molecule has 1 amide bonds. The smallest absolute Gasteiger partial charge is 0.410 e. The molecule has 0 aromatic heterocycles. The third-order valence-corrected chi connectivity index (χ3v) is 10.8. The number of hydrogen-bond acceptors (Lipinski definition) is 4. The van der Waals surface area contributed by atoms with E-state index in [-0.39, 0.29) is 22.6 Å². The molecule has 150 valence electrons. The van der Waals surface area contributed by atoms with Crippen LogP contribution >= 0.6 is 0 Å². The first-order chi connectivity index (χ1) is 11.7. The molecule has 0 radical (unpaired) electrons. The highest BCUT2D eigenvalue weighted by molar-refractivity contribution is 6.74. The summed E-state index contributed by atoms with van der Waals surface area (Å²) in [7, 11) is -1.94. The first-order valence-corrected chi connectivity index (χ1v) is 12.7. The molecular formula is C20H37NO4Si. The van der Waals surface area contributed by atoms with Crippen LogP contribution < -0.4 is 0 Å². The van der Waals surface area contributed by atoms with E-state index in [9.17, 15) is 9.59 Å². The van der Waals surface area contributed by atoms with Crippen LogP contribution in [0.3, 0.4) is 0 Å². The first kappa shape index (κ1) is 21.4. The SMILES string of the molecule is CC(C)(C)OC(=O)N1CC2(CCC2)C(=O)C[C@H]1CO[Si](C)(C)C(C)(C)C. The number of ketones is 1. The Morgan fingerprint density at radius 2 is 1.77 bits per heavy atom. The Balaban J connectivity index is 2.15. The maximum atomic E-state index is 12.8. The standard InChI is InChI=1S/C20H37NO4Si/c1-18(2,3)25-17(23)21-14-20(10-9-11-20)16(22)12-15(21)13-24-26(7,8)19(4,5)6/h15H,9-14H2,1-8H3/t15-/m0/s1. The largest absolute Gasteiger partial charge is 0.444 e. The van der Waals surface area contributed by atoms with Gasteiger partial charge in [-0.25, -0.2) is 4.79 Å². The number of Topliss-reactive ketones (excluding diaryl/α,β-unsaturated/α-hetero) is 1. The van der Waals surface area contributed by atoms with Gasteiger partial charge in [-0.2, -0.15) is 0 Å². The second-order valence-corrected chi connectivity index (χ2v) is 15.4.